The number of amidine groups is 1. The largest absolute Gasteiger partial charge is 0.327 e. The number of amides is 1. The van der Waals surface area contributed by atoms with Crippen LogP contribution in [0.3, 0.4) is 0 Å². The summed E-state index contributed by atoms with van der Waals surface area (Å²) in [6.45, 7) is 1.90. The molecule has 30 heavy (non-hydrogen) atoms. The van der Waals surface area contributed by atoms with Crippen LogP contribution in [0.2, 0.25) is 0 Å². The summed E-state index contributed by atoms with van der Waals surface area (Å²) in [5.41, 5.74) is 2.15. The van der Waals surface area contributed by atoms with Gasteiger partial charge in [0.05, 0.1) is 6.34 Å². The average Bonchev–Trinajstić information content (AvgIpc) is 3.62. The summed E-state index contributed by atoms with van der Waals surface area (Å²) < 4.78 is 0. The van der Waals surface area contributed by atoms with Crippen LogP contribution in [0, 0.1) is 10.8 Å². The van der Waals surface area contributed by atoms with E-state index in [9.17, 15) is 4.79 Å². The summed E-state index contributed by atoms with van der Waals surface area (Å²) in [5.74, 6) is 0.0905. The third-order valence-electron chi connectivity index (χ3n) is 4.97. The Morgan fingerprint density at radius 2 is 2.07 bits per heavy atom. The van der Waals surface area contributed by atoms with E-state index in [-0.39, 0.29) is 25.1 Å². The molecule has 6 heteroatoms. The summed E-state index contributed by atoms with van der Waals surface area (Å²) in [6.07, 6.45) is 16.3. The Morgan fingerprint density at radius 1 is 1.30 bits per heavy atom. The van der Waals surface area contributed by atoms with Crippen LogP contribution in [0.4, 0.5) is 0 Å². The van der Waals surface area contributed by atoms with Gasteiger partial charge in [-0.1, -0.05) is 48.6 Å². The summed E-state index contributed by atoms with van der Waals surface area (Å²) >= 11 is 0. The van der Waals surface area contributed by atoms with Crippen molar-refractivity contribution in [2.24, 2.45) is 4.99 Å². The summed E-state index contributed by atoms with van der Waals surface area (Å²) in [7, 11) is 0. The van der Waals surface area contributed by atoms with Crippen molar-refractivity contribution in [3.63, 3.8) is 0 Å². The van der Waals surface area contributed by atoms with Crippen LogP contribution in [0.15, 0.2) is 83.2 Å². The van der Waals surface area contributed by atoms with Crippen LogP contribution < -0.4 is 5.32 Å². The van der Waals surface area contributed by atoms with Crippen LogP contribution in [-0.2, 0) is 4.79 Å². The number of rotatable bonds is 8. The fourth-order valence-electron chi connectivity index (χ4n) is 3.18. The number of carbonyl (C=O) groups is 1. The van der Waals surface area contributed by atoms with Crippen LogP contribution in [0.25, 0.3) is 0 Å². The molecule has 3 N–H and O–H groups in total. The minimum Gasteiger partial charge on any atom is -0.327 e. The molecular formula is C24H29N5O. The van der Waals surface area contributed by atoms with Gasteiger partial charge in [0.1, 0.15) is 11.5 Å². The molecule has 1 unspecified atom stereocenters. The van der Waals surface area contributed by atoms with Crippen molar-refractivity contribution >= 4 is 24.3 Å². The maximum atomic E-state index is 12.6. The summed E-state index contributed by atoms with van der Waals surface area (Å²) in [6, 6.07) is 10.3. The Kier molecular flexibility index (Phi) is 7.27. The van der Waals surface area contributed by atoms with Gasteiger partial charge >= 0.3 is 0 Å². The molecule has 2 aliphatic rings. The molecule has 1 aliphatic heterocycles. The third kappa shape index (κ3) is 5.50. The van der Waals surface area contributed by atoms with Gasteiger partial charge in [0.25, 0.3) is 5.91 Å². The Balaban J connectivity index is 0.00000341. The van der Waals surface area contributed by atoms with Gasteiger partial charge in [-0.15, -0.1) is 0 Å². The van der Waals surface area contributed by atoms with E-state index < -0.39 is 0 Å². The molecule has 0 aromatic heterocycles. The zero-order valence-corrected chi connectivity index (χ0v) is 17.1. The monoisotopic (exact) mass is 403 g/mol. The number of benzene rings is 1. The Bertz CT molecular complexity index is 942. The Hall–Kier alpha value is -3.54. The molecule has 1 aromatic carbocycles. The first-order chi connectivity index (χ1) is 14.6. The van der Waals surface area contributed by atoms with E-state index in [1.807, 2.05) is 43.4 Å². The summed E-state index contributed by atoms with van der Waals surface area (Å²) in [5, 5.41) is 18.8. The van der Waals surface area contributed by atoms with E-state index in [2.05, 4.69) is 22.4 Å². The van der Waals surface area contributed by atoms with Crippen LogP contribution in [-0.4, -0.2) is 35.2 Å². The van der Waals surface area contributed by atoms with E-state index in [0.717, 1.165) is 24.8 Å². The molecule has 0 radical (unpaired) electrons. The Labute approximate surface area is 178 Å². The lowest BCUT2D eigenvalue weighted by Crippen LogP contribution is -2.31. The average molecular weight is 404 g/mol. The highest BCUT2D eigenvalue weighted by atomic mass is 16.1. The quantitative estimate of drug-likeness (QED) is 0.337. The second-order valence-electron chi connectivity index (χ2n) is 7.19. The van der Waals surface area contributed by atoms with Crippen molar-refractivity contribution in [2.45, 2.75) is 38.1 Å². The maximum Gasteiger partial charge on any atom is 0.273 e. The smallest absolute Gasteiger partial charge is 0.273 e. The van der Waals surface area contributed by atoms with Crippen molar-refractivity contribution in [1.82, 2.24) is 10.2 Å². The molecule has 1 fully saturated rings. The van der Waals surface area contributed by atoms with E-state index >= 15 is 0 Å². The number of carbonyl (C=O) groups excluding carboxylic acids is 1. The molecule has 6 nitrogen and oxygen atoms in total. The Morgan fingerprint density at radius 3 is 2.73 bits per heavy atom. The van der Waals surface area contributed by atoms with E-state index in [0.29, 0.717) is 11.3 Å². The van der Waals surface area contributed by atoms with Crippen molar-refractivity contribution in [3.8, 4) is 0 Å². The van der Waals surface area contributed by atoms with E-state index in [4.69, 9.17) is 10.8 Å². The van der Waals surface area contributed by atoms with Gasteiger partial charge in [-0.25, -0.2) is 0 Å². The van der Waals surface area contributed by atoms with Gasteiger partial charge in [0, 0.05) is 31.4 Å². The molecule has 3 rings (SSSR count). The van der Waals surface area contributed by atoms with Gasteiger partial charge in [-0.3, -0.25) is 20.6 Å². The van der Waals surface area contributed by atoms with Crippen molar-refractivity contribution in [2.75, 3.05) is 0 Å². The third-order valence-corrected chi connectivity index (χ3v) is 4.97. The number of allylic oxidation sites excluding steroid dienone is 4. The standard InChI is InChI=1S/C24H27N5O.H2/c1-2-3-7-19(23(26)29(17-25)21-10-11-21)12-15-28-24(30)22-16-20(13-14-27-22)18-8-5-4-6-9-18;/h2-9,12,14-17,20-21,25-26H,10-11,13H2,1H3,(H,28,30);1H/b3-2-,15-12+,19-7+,25-17?,26-23?;. The topological polar surface area (TPSA) is 92.4 Å². The minimum atomic E-state index is -0.286. The fraction of sp³-hybridized carbons (Fsp3) is 0.250. The van der Waals surface area contributed by atoms with Crippen LogP contribution in [0.5, 0.6) is 0 Å². The van der Waals surface area contributed by atoms with E-state index in [1.54, 1.807) is 23.3 Å². The zero-order valence-electron chi connectivity index (χ0n) is 17.1. The molecule has 1 aliphatic carbocycles. The van der Waals surface area contributed by atoms with Gasteiger partial charge in [0.15, 0.2) is 0 Å². The molecule has 156 valence electrons. The highest BCUT2D eigenvalue weighted by molar-refractivity contribution is 6.04. The lowest BCUT2D eigenvalue weighted by Gasteiger charge is -2.19. The molecule has 1 amide bonds. The lowest BCUT2D eigenvalue weighted by molar-refractivity contribution is -0.116. The summed E-state index contributed by atoms with van der Waals surface area (Å²) in [4.78, 5) is 18.5. The second-order valence-corrected chi connectivity index (χ2v) is 7.19. The van der Waals surface area contributed by atoms with Crippen LogP contribution in [0.1, 0.15) is 39.1 Å². The fourth-order valence-corrected chi connectivity index (χ4v) is 3.18. The first-order valence-electron chi connectivity index (χ1n) is 10.1. The predicted molar refractivity (Wildman–Crippen MR) is 124 cm³/mol. The van der Waals surface area contributed by atoms with Crippen molar-refractivity contribution < 1.29 is 6.22 Å². The van der Waals surface area contributed by atoms with Gasteiger partial charge < -0.3 is 10.2 Å². The number of hydrogen-bond donors (Lipinski definition) is 3. The molecule has 1 aromatic rings. The van der Waals surface area contributed by atoms with Gasteiger partial charge in [-0.2, -0.15) is 0 Å². The molecule has 0 bridgehead atoms. The maximum absolute atomic E-state index is 12.6. The molecule has 1 atom stereocenters. The number of nitrogens with one attached hydrogen (secondary N) is 3. The molecule has 0 saturated heterocycles. The number of hydrogen-bond acceptors (Lipinski definition) is 4. The first-order valence-corrected chi connectivity index (χ1v) is 10.1. The number of aliphatic imine (C=N–C) groups is 1. The molecule has 1 heterocycles. The van der Waals surface area contributed by atoms with Crippen molar-refractivity contribution in [1.29, 1.82) is 10.8 Å². The lowest BCUT2D eigenvalue weighted by atomic mass is 9.93. The van der Waals surface area contributed by atoms with Gasteiger partial charge in [-0.05, 0) is 43.9 Å². The second kappa shape index (κ2) is 10.3. The van der Waals surface area contributed by atoms with Crippen LogP contribution >= 0.6 is 0 Å². The van der Waals surface area contributed by atoms with Crippen molar-refractivity contribution in [3.05, 3.63) is 83.7 Å². The SMILES string of the molecule is C\C=C/C=C(\C=C\NC(=O)C1=CC(c2ccccc2)CC=N1)C(=N)N(C=N)C1CC1.[HH]. The molecule has 1 saturated carbocycles. The zero-order chi connectivity index (χ0) is 21.3. The number of nitrogens with zero attached hydrogens (tertiary/aromatic N) is 2. The first kappa shape index (κ1) is 21.2. The molecule has 0 spiro atoms. The highest BCUT2D eigenvalue weighted by Crippen LogP contribution is 2.27. The van der Waals surface area contributed by atoms with E-state index in [1.165, 1.54) is 12.5 Å². The predicted octanol–water partition coefficient (Wildman–Crippen LogP) is 4.56. The van der Waals surface area contributed by atoms with Gasteiger partial charge in [0.2, 0.25) is 0 Å². The molecular weight excluding hydrogens is 374 g/mol. The normalized spacial score (nSPS) is 19.0. The highest BCUT2D eigenvalue weighted by Gasteiger charge is 2.30. The minimum absolute atomic E-state index is 0.